The molecule has 0 aromatic carbocycles. The van der Waals surface area contributed by atoms with E-state index in [9.17, 15) is 14.4 Å². The Morgan fingerprint density at radius 3 is 2.04 bits per heavy atom. The van der Waals surface area contributed by atoms with Gasteiger partial charge in [0.05, 0.1) is 0 Å². The van der Waals surface area contributed by atoms with Crippen LogP contribution in [-0.2, 0) is 14.3 Å². The quantitative estimate of drug-likeness (QED) is 0.425. The lowest BCUT2D eigenvalue weighted by Gasteiger charge is -2.29. The van der Waals surface area contributed by atoms with Crippen LogP contribution in [0, 0.1) is 17.8 Å². The molecule has 0 aliphatic carbocycles. The molecule has 0 heterocycles. The second kappa shape index (κ2) is 9.46. The molecule has 3 amide bonds. The van der Waals surface area contributed by atoms with Gasteiger partial charge in [0.15, 0.2) is 6.61 Å². The fourth-order valence-electron chi connectivity index (χ4n) is 1.68. The first-order chi connectivity index (χ1) is 10.7. The molecule has 0 aromatic rings. The van der Waals surface area contributed by atoms with Gasteiger partial charge in [-0.15, -0.1) is 19.6 Å². The van der Waals surface area contributed by atoms with Crippen LogP contribution in [0.4, 0.5) is 4.79 Å². The summed E-state index contributed by atoms with van der Waals surface area (Å²) in [6.45, 7) is 12.7. The fraction of sp³-hybridized carbons (Fsp3) is 0.471. The van der Waals surface area contributed by atoms with E-state index in [-0.39, 0.29) is 26.2 Å². The molecule has 0 radical (unpaired) electrons. The Bertz CT molecular complexity index is 502. The molecular weight excluding hydrogens is 296 g/mol. The van der Waals surface area contributed by atoms with Gasteiger partial charge in [-0.25, -0.2) is 9.69 Å². The molecule has 0 spiro atoms. The maximum Gasteiger partial charge on any atom is 0.417 e. The van der Waals surface area contributed by atoms with Crippen molar-refractivity contribution in [1.82, 2.24) is 9.80 Å². The van der Waals surface area contributed by atoms with Crippen LogP contribution < -0.4 is 0 Å². The summed E-state index contributed by atoms with van der Waals surface area (Å²) in [4.78, 5) is 38.8. The molecule has 0 fully saturated rings. The van der Waals surface area contributed by atoms with Crippen molar-refractivity contribution in [3.8, 4) is 12.3 Å². The molecule has 0 bridgehead atoms. The van der Waals surface area contributed by atoms with E-state index in [0.717, 1.165) is 4.90 Å². The van der Waals surface area contributed by atoms with Gasteiger partial charge >= 0.3 is 17.9 Å². The van der Waals surface area contributed by atoms with E-state index < -0.39 is 23.3 Å². The molecule has 0 aliphatic rings. The first-order valence-electron chi connectivity index (χ1n) is 7.10. The first kappa shape index (κ1) is 20.5. The van der Waals surface area contributed by atoms with Crippen LogP contribution in [0.25, 0.3) is 0 Å². The van der Waals surface area contributed by atoms with Gasteiger partial charge in [0, 0.05) is 19.6 Å². The Hall–Kier alpha value is -2.55. The minimum Gasteiger partial charge on any atom is -0.436 e. The number of amides is 3. The van der Waals surface area contributed by atoms with Crippen molar-refractivity contribution in [1.29, 1.82) is 0 Å². The van der Waals surface area contributed by atoms with Crippen molar-refractivity contribution in [2.24, 2.45) is 5.41 Å². The fourth-order valence-corrected chi connectivity index (χ4v) is 1.68. The lowest BCUT2D eigenvalue weighted by atomic mass is 9.96. The van der Waals surface area contributed by atoms with Gasteiger partial charge < -0.3 is 9.64 Å². The zero-order chi connectivity index (χ0) is 18.0. The van der Waals surface area contributed by atoms with Crippen molar-refractivity contribution < 1.29 is 19.1 Å². The lowest BCUT2D eigenvalue weighted by molar-refractivity contribution is -0.150. The average molecular weight is 320 g/mol. The average Bonchev–Trinajstić information content (AvgIpc) is 2.47. The molecule has 0 aromatic heterocycles. The van der Waals surface area contributed by atoms with Gasteiger partial charge in [-0.2, -0.15) is 0 Å². The van der Waals surface area contributed by atoms with Gasteiger partial charge in [-0.3, -0.25) is 9.59 Å². The smallest absolute Gasteiger partial charge is 0.417 e. The molecule has 23 heavy (non-hydrogen) atoms. The van der Waals surface area contributed by atoms with Gasteiger partial charge in [0.1, 0.15) is 0 Å². The molecule has 126 valence electrons. The summed E-state index contributed by atoms with van der Waals surface area (Å²) >= 11 is 0. The zero-order valence-electron chi connectivity index (χ0n) is 14.0. The highest BCUT2D eigenvalue weighted by Gasteiger charge is 2.34. The largest absolute Gasteiger partial charge is 0.436 e. The summed E-state index contributed by atoms with van der Waals surface area (Å²) in [7, 11) is 0. The van der Waals surface area contributed by atoms with Crippen LogP contribution >= 0.6 is 0 Å². The molecule has 6 heteroatoms. The van der Waals surface area contributed by atoms with Crippen molar-refractivity contribution in [2.75, 3.05) is 26.2 Å². The second-order valence-electron chi connectivity index (χ2n) is 6.00. The van der Waals surface area contributed by atoms with Crippen molar-refractivity contribution in [3.63, 3.8) is 0 Å². The molecule has 0 saturated carbocycles. The molecule has 0 N–H and O–H groups in total. The predicted molar refractivity (Wildman–Crippen MR) is 88.3 cm³/mol. The number of hydrogen-bond acceptors (Lipinski definition) is 4. The van der Waals surface area contributed by atoms with Crippen LogP contribution in [0.3, 0.4) is 0 Å². The van der Waals surface area contributed by atoms with Crippen LogP contribution in [0.1, 0.15) is 20.8 Å². The standard InChI is InChI=1S/C17H24N2O4/c1-7-10-18(11-8-2)14(20)15(21)19(13-17(4,5)6)16(22)23-12-9-3/h3,7-8H,1-2,10-13H2,4-6H3. The van der Waals surface area contributed by atoms with Crippen molar-refractivity contribution in [2.45, 2.75) is 20.8 Å². The maximum atomic E-state index is 12.4. The molecule has 0 rings (SSSR count). The highest BCUT2D eigenvalue weighted by atomic mass is 16.6. The number of imide groups is 1. The molecule has 0 atom stereocenters. The second-order valence-corrected chi connectivity index (χ2v) is 6.00. The van der Waals surface area contributed by atoms with E-state index in [0.29, 0.717) is 0 Å². The summed E-state index contributed by atoms with van der Waals surface area (Å²) in [6, 6.07) is 0. The normalized spacial score (nSPS) is 10.2. The van der Waals surface area contributed by atoms with Gasteiger partial charge in [-0.1, -0.05) is 38.8 Å². The molecule has 0 saturated heterocycles. The first-order valence-corrected chi connectivity index (χ1v) is 7.10. The van der Waals surface area contributed by atoms with Crippen LogP contribution in [0.15, 0.2) is 25.3 Å². The van der Waals surface area contributed by atoms with E-state index in [2.05, 4.69) is 19.1 Å². The third-order valence-electron chi connectivity index (χ3n) is 2.55. The van der Waals surface area contributed by atoms with E-state index in [1.807, 2.05) is 20.8 Å². The molecule has 0 unspecified atom stereocenters. The number of ether oxygens (including phenoxy) is 1. The molecular formula is C17H24N2O4. The Kier molecular flexibility index (Phi) is 8.41. The Labute approximate surface area is 137 Å². The molecule has 0 aliphatic heterocycles. The number of carbonyl (C=O) groups is 3. The Morgan fingerprint density at radius 1 is 1.13 bits per heavy atom. The summed E-state index contributed by atoms with van der Waals surface area (Å²) < 4.78 is 4.79. The summed E-state index contributed by atoms with van der Waals surface area (Å²) in [5, 5.41) is 0. The molecule has 6 nitrogen and oxygen atoms in total. The van der Waals surface area contributed by atoms with Crippen LogP contribution in [-0.4, -0.2) is 53.9 Å². The Morgan fingerprint density at radius 2 is 1.65 bits per heavy atom. The van der Waals surface area contributed by atoms with E-state index in [4.69, 9.17) is 11.2 Å². The monoisotopic (exact) mass is 320 g/mol. The lowest BCUT2D eigenvalue weighted by Crippen LogP contribution is -2.50. The maximum absolute atomic E-state index is 12.4. The third-order valence-corrected chi connectivity index (χ3v) is 2.55. The van der Waals surface area contributed by atoms with E-state index >= 15 is 0 Å². The SMILES string of the molecule is C#CCOC(=O)N(CC(C)(C)C)C(=O)C(=O)N(CC=C)CC=C. The predicted octanol–water partition coefficient (Wildman–Crippen LogP) is 1.83. The number of nitrogens with zero attached hydrogens (tertiary/aromatic N) is 2. The van der Waals surface area contributed by atoms with Gasteiger partial charge in [0.25, 0.3) is 0 Å². The summed E-state index contributed by atoms with van der Waals surface area (Å²) in [5.41, 5.74) is -0.410. The van der Waals surface area contributed by atoms with Gasteiger partial charge in [-0.05, 0) is 5.41 Å². The summed E-state index contributed by atoms with van der Waals surface area (Å²) in [6.07, 6.45) is 7.07. The zero-order valence-corrected chi connectivity index (χ0v) is 14.0. The highest BCUT2D eigenvalue weighted by molar-refractivity contribution is 6.37. The van der Waals surface area contributed by atoms with Crippen LogP contribution in [0.5, 0.6) is 0 Å². The number of rotatable bonds is 6. The minimum absolute atomic E-state index is 0.0248. The van der Waals surface area contributed by atoms with Crippen LogP contribution in [0.2, 0.25) is 0 Å². The number of carbonyl (C=O) groups excluding carboxylic acids is 3. The Balaban J connectivity index is 5.35. The summed E-state index contributed by atoms with van der Waals surface area (Å²) in [5.74, 6) is 0.351. The topological polar surface area (TPSA) is 66.9 Å². The van der Waals surface area contributed by atoms with Crippen molar-refractivity contribution >= 4 is 17.9 Å². The van der Waals surface area contributed by atoms with Gasteiger partial charge in [0.2, 0.25) is 0 Å². The van der Waals surface area contributed by atoms with E-state index in [1.54, 1.807) is 0 Å². The highest BCUT2D eigenvalue weighted by Crippen LogP contribution is 2.16. The van der Waals surface area contributed by atoms with E-state index in [1.165, 1.54) is 17.1 Å². The third kappa shape index (κ3) is 7.32. The van der Waals surface area contributed by atoms with Crippen molar-refractivity contribution in [3.05, 3.63) is 25.3 Å². The minimum atomic E-state index is -0.967. The number of hydrogen-bond donors (Lipinski definition) is 0. The number of terminal acetylenes is 1.